The Labute approximate surface area is 126 Å². The number of rotatable bonds is 5. The number of fused-ring (bicyclic) bond motifs is 1. The third-order valence-corrected chi connectivity index (χ3v) is 4.21. The summed E-state index contributed by atoms with van der Waals surface area (Å²) in [6, 6.07) is 7.94. The average molecular weight is 284 g/mol. The summed E-state index contributed by atoms with van der Waals surface area (Å²) in [6.07, 6.45) is 4.53. The van der Waals surface area contributed by atoms with Gasteiger partial charge in [-0.1, -0.05) is 6.92 Å². The van der Waals surface area contributed by atoms with Crippen molar-refractivity contribution < 1.29 is 0 Å². The van der Waals surface area contributed by atoms with Crippen LogP contribution in [0.2, 0.25) is 0 Å². The van der Waals surface area contributed by atoms with Crippen LogP contribution in [0.15, 0.2) is 30.5 Å². The maximum Gasteiger partial charge on any atom is 0.0953 e. The van der Waals surface area contributed by atoms with Crippen LogP contribution in [0.5, 0.6) is 0 Å². The van der Waals surface area contributed by atoms with Crippen molar-refractivity contribution in [3.8, 4) is 0 Å². The molecule has 0 saturated carbocycles. The first-order chi connectivity index (χ1) is 10.2. The summed E-state index contributed by atoms with van der Waals surface area (Å²) >= 11 is 0. The van der Waals surface area contributed by atoms with Gasteiger partial charge in [-0.3, -0.25) is 4.98 Å². The van der Waals surface area contributed by atoms with Crippen molar-refractivity contribution in [1.82, 2.24) is 9.88 Å². The molecule has 3 rings (SSSR count). The summed E-state index contributed by atoms with van der Waals surface area (Å²) in [5, 5.41) is 4.57. The van der Waals surface area contributed by atoms with E-state index in [9.17, 15) is 0 Å². The minimum atomic E-state index is 0.624. The third-order valence-electron chi connectivity index (χ3n) is 4.21. The van der Waals surface area contributed by atoms with Gasteiger partial charge in [0.1, 0.15) is 0 Å². The zero-order chi connectivity index (χ0) is 14.7. The zero-order valence-corrected chi connectivity index (χ0v) is 12.7. The first-order valence-electron chi connectivity index (χ1n) is 7.83. The van der Waals surface area contributed by atoms with Crippen molar-refractivity contribution in [3.63, 3.8) is 0 Å². The second-order valence-corrected chi connectivity index (χ2v) is 6.10. The highest BCUT2D eigenvalue weighted by Gasteiger charge is 2.14. The molecule has 1 atom stereocenters. The van der Waals surface area contributed by atoms with Crippen LogP contribution in [0.4, 0.5) is 11.4 Å². The van der Waals surface area contributed by atoms with Crippen LogP contribution in [-0.4, -0.2) is 36.1 Å². The molecule has 112 valence electrons. The topological polar surface area (TPSA) is 54.2 Å². The SMILES string of the molecule is CC(CNc1ccc(N)c2cccnc12)CN1CCCC1. The molecule has 0 radical (unpaired) electrons. The lowest BCUT2D eigenvalue weighted by Gasteiger charge is -2.21. The second kappa shape index (κ2) is 6.31. The Morgan fingerprint density at radius 1 is 1.29 bits per heavy atom. The van der Waals surface area contributed by atoms with Crippen LogP contribution in [0, 0.1) is 5.92 Å². The van der Waals surface area contributed by atoms with E-state index in [0.29, 0.717) is 5.92 Å². The van der Waals surface area contributed by atoms with E-state index in [1.807, 2.05) is 30.5 Å². The predicted molar refractivity (Wildman–Crippen MR) is 89.5 cm³/mol. The fraction of sp³-hybridized carbons (Fsp3) is 0.471. The van der Waals surface area contributed by atoms with Gasteiger partial charge in [-0.15, -0.1) is 0 Å². The van der Waals surface area contributed by atoms with E-state index in [1.165, 1.54) is 32.5 Å². The smallest absolute Gasteiger partial charge is 0.0953 e. The number of hydrogen-bond acceptors (Lipinski definition) is 4. The van der Waals surface area contributed by atoms with Crippen molar-refractivity contribution in [2.75, 3.05) is 37.2 Å². The van der Waals surface area contributed by atoms with E-state index in [1.54, 1.807) is 0 Å². The molecule has 2 heterocycles. The highest BCUT2D eigenvalue weighted by Crippen LogP contribution is 2.26. The van der Waals surface area contributed by atoms with Crippen LogP contribution in [0.3, 0.4) is 0 Å². The van der Waals surface area contributed by atoms with Crippen LogP contribution in [-0.2, 0) is 0 Å². The Morgan fingerprint density at radius 3 is 2.90 bits per heavy atom. The molecule has 0 spiro atoms. The quantitative estimate of drug-likeness (QED) is 0.829. The largest absolute Gasteiger partial charge is 0.398 e. The van der Waals surface area contributed by atoms with Crippen molar-refractivity contribution in [1.29, 1.82) is 0 Å². The number of nitrogens with two attached hydrogens (primary N) is 1. The number of nitrogens with one attached hydrogen (secondary N) is 1. The number of likely N-dealkylation sites (tertiary alicyclic amines) is 1. The van der Waals surface area contributed by atoms with Crippen LogP contribution < -0.4 is 11.1 Å². The molecule has 1 fully saturated rings. The maximum atomic E-state index is 6.02. The van der Waals surface area contributed by atoms with E-state index in [4.69, 9.17) is 5.73 Å². The van der Waals surface area contributed by atoms with Gasteiger partial charge in [0.25, 0.3) is 0 Å². The van der Waals surface area contributed by atoms with Gasteiger partial charge in [0.15, 0.2) is 0 Å². The van der Waals surface area contributed by atoms with Crippen molar-refractivity contribution in [2.45, 2.75) is 19.8 Å². The van der Waals surface area contributed by atoms with Gasteiger partial charge in [0, 0.05) is 30.4 Å². The van der Waals surface area contributed by atoms with Crippen molar-refractivity contribution >= 4 is 22.3 Å². The highest BCUT2D eigenvalue weighted by molar-refractivity contribution is 5.98. The lowest BCUT2D eigenvalue weighted by molar-refractivity contribution is 0.294. The molecule has 2 aromatic rings. The molecule has 0 aliphatic carbocycles. The molecule has 1 saturated heterocycles. The molecule has 0 amide bonds. The van der Waals surface area contributed by atoms with Gasteiger partial charge in [0.2, 0.25) is 0 Å². The van der Waals surface area contributed by atoms with Crippen molar-refractivity contribution in [2.24, 2.45) is 5.92 Å². The lowest BCUT2D eigenvalue weighted by Crippen LogP contribution is -2.28. The predicted octanol–water partition coefficient (Wildman–Crippen LogP) is 2.96. The molecule has 1 unspecified atom stereocenters. The number of benzene rings is 1. The number of anilines is 2. The fourth-order valence-electron chi connectivity index (χ4n) is 3.09. The number of aromatic nitrogens is 1. The Hall–Kier alpha value is -1.81. The Balaban J connectivity index is 1.66. The van der Waals surface area contributed by atoms with Gasteiger partial charge < -0.3 is 16.0 Å². The lowest BCUT2D eigenvalue weighted by atomic mass is 10.1. The van der Waals surface area contributed by atoms with Gasteiger partial charge in [0.05, 0.1) is 11.2 Å². The van der Waals surface area contributed by atoms with Gasteiger partial charge in [-0.05, 0) is 56.1 Å². The third kappa shape index (κ3) is 3.27. The average Bonchev–Trinajstić information content (AvgIpc) is 3.00. The minimum absolute atomic E-state index is 0.624. The van der Waals surface area contributed by atoms with Crippen LogP contribution in [0.25, 0.3) is 10.9 Å². The van der Waals surface area contributed by atoms with E-state index in [0.717, 1.165) is 28.8 Å². The summed E-state index contributed by atoms with van der Waals surface area (Å²) in [4.78, 5) is 7.03. The molecule has 4 heteroatoms. The van der Waals surface area contributed by atoms with E-state index in [-0.39, 0.29) is 0 Å². The standard InChI is InChI=1S/C17H24N4/c1-13(12-21-9-2-3-10-21)11-20-16-7-6-15(18)14-5-4-8-19-17(14)16/h4-8,13,20H,2-3,9-12,18H2,1H3. The normalized spacial score (nSPS) is 17.2. The number of nitrogen functional groups attached to an aromatic ring is 1. The van der Waals surface area contributed by atoms with E-state index in [2.05, 4.69) is 22.1 Å². The minimum Gasteiger partial charge on any atom is -0.398 e. The maximum absolute atomic E-state index is 6.02. The fourth-order valence-corrected chi connectivity index (χ4v) is 3.09. The van der Waals surface area contributed by atoms with Gasteiger partial charge >= 0.3 is 0 Å². The van der Waals surface area contributed by atoms with Crippen molar-refractivity contribution in [3.05, 3.63) is 30.5 Å². The molecule has 1 aromatic carbocycles. The molecule has 1 aliphatic rings. The first-order valence-corrected chi connectivity index (χ1v) is 7.83. The molecule has 21 heavy (non-hydrogen) atoms. The van der Waals surface area contributed by atoms with E-state index < -0.39 is 0 Å². The number of nitrogens with zero attached hydrogens (tertiary/aromatic N) is 2. The molecular formula is C17H24N4. The molecular weight excluding hydrogens is 260 g/mol. The number of hydrogen-bond donors (Lipinski definition) is 2. The zero-order valence-electron chi connectivity index (χ0n) is 12.7. The summed E-state index contributed by atoms with van der Waals surface area (Å²) in [5.41, 5.74) is 8.84. The second-order valence-electron chi connectivity index (χ2n) is 6.10. The Bertz CT molecular complexity index is 605. The Morgan fingerprint density at radius 2 is 2.10 bits per heavy atom. The van der Waals surface area contributed by atoms with Gasteiger partial charge in [-0.2, -0.15) is 0 Å². The summed E-state index contributed by atoms with van der Waals surface area (Å²) in [7, 11) is 0. The molecule has 1 aromatic heterocycles. The molecule has 0 bridgehead atoms. The molecule has 3 N–H and O–H groups in total. The van der Waals surface area contributed by atoms with E-state index >= 15 is 0 Å². The monoisotopic (exact) mass is 284 g/mol. The van der Waals surface area contributed by atoms with Crippen LogP contribution >= 0.6 is 0 Å². The summed E-state index contributed by atoms with van der Waals surface area (Å²) < 4.78 is 0. The Kier molecular flexibility index (Phi) is 4.25. The number of pyridine rings is 1. The first kappa shape index (κ1) is 14.1. The highest BCUT2D eigenvalue weighted by atomic mass is 15.1. The summed E-state index contributed by atoms with van der Waals surface area (Å²) in [5.74, 6) is 0.624. The summed E-state index contributed by atoms with van der Waals surface area (Å²) in [6.45, 7) is 6.96. The van der Waals surface area contributed by atoms with Crippen LogP contribution in [0.1, 0.15) is 19.8 Å². The molecule has 1 aliphatic heterocycles. The molecule has 4 nitrogen and oxygen atoms in total. The van der Waals surface area contributed by atoms with Gasteiger partial charge in [-0.25, -0.2) is 0 Å².